The van der Waals surface area contributed by atoms with Gasteiger partial charge in [-0.3, -0.25) is 14.5 Å². The van der Waals surface area contributed by atoms with Gasteiger partial charge in [0.25, 0.3) is 0 Å². The zero-order valence-electron chi connectivity index (χ0n) is 20.3. The first kappa shape index (κ1) is 20.5. The summed E-state index contributed by atoms with van der Waals surface area (Å²) in [6.45, 7) is 3.02. The normalized spacial score (nSPS) is 27.0. The van der Waals surface area contributed by atoms with Gasteiger partial charge in [-0.25, -0.2) is 4.98 Å². The number of hydrogen-bond acceptors (Lipinski definition) is 4. The monoisotopic (exact) mass is 477 g/mol. The van der Waals surface area contributed by atoms with Crippen molar-refractivity contribution in [1.82, 2.24) is 29.5 Å². The molecule has 4 aliphatic heterocycles. The van der Waals surface area contributed by atoms with Gasteiger partial charge in [0.1, 0.15) is 23.7 Å². The number of hydrogen-bond donors (Lipinski definition) is 2. The summed E-state index contributed by atoms with van der Waals surface area (Å²) in [4.78, 5) is 11.1. The molecule has 36 heavy (non-hydrogen) atoms. The lowest BCUT2D eigenvalue weighted by molar-refractivity contribution is 0.127. The number of fused-ring (bicyclic) bond motifs is 2. The Morgan fingerprint density at radius 2 is 1.81 bits per heavy atom. The SMILES string of the molecule is CN1C2CC3CC1C[N+]3(c1ccc3nc(-c4n[nH]c5cc(OCc6ccccc6)ccc45)[nH]c3c1)C2. The van der Waals surface area contributed by atoms with Crippen molar-refractivity contribution in [3.05, 3.63) is 72.3 Å². The third-order valence-corrected chi connectivity index (χ3v) is 9.00. The summed E-state index contributed by atoms with van der Waals surface area (Å²) in [6, 6.07) is 25.4. The molecule has 0 aliphatic carbocycles. The van der Waals surface area contributed by atoms with E-state index in [2.05, 4.69) is 63.5 Å². The Labute approximate surface area is 209 Å². The summed E-state index contributed by atoms with van der Waals surface area (Å²) in [5.74, 6) is 1.62. The quantitative estimate of drug-likeness (QED) is 0.355. The molecule has 2 unspecified atom stereocenters. The van der Waals surface area contributed by atoms with Gasteiger partial charge in [0, 0.05) is 36.4 Å². The van der Waals surface area contributed by atoms with E-state index >= 15 is 0 Å². The lowest BCUT2D eigenvalue weighted by Crippen LogP contribution is -2.57. The number of aromatic nitrogens is 4. The predicted molar refractivity (Wildman–Crippen MR) is 142 cm³/mol. The van der Waals surface area contributed by atoms with Gasteiger partial charge in [0.15, 0.2) is 5.82 Å². The average Bonchev–Trinajstić information content (AvgIpc) is 3.64. The Morgan fingerprint density at radius 1 is 0.972 bits per heavy atom. The number of ether oxygens (including phenoxy) is 1. The number of aromatic amines is 2. The molecular formula is C29H29N6O+. The lowest BCUT2D eigenvalue weighted by atomic mass is 9.99. The maximum atomic E-state index is 6.00. The molecule has 0 spiro atoms. The average molecular weight is 478 g/mol. The molecule has 2 aromatic heterocycles. The number of quaternary nitrogens is 1. The van der Waals surface area contributed by atoms with Crippen molar-refractivity contribution in [1.29, 1.82) is 0 Å². The van der Waals surface area contributed by atoms with Crippen LogP contribution in [-0.4, -0.2) is 63.3 Å². The van der Waals surface area contributed by atoms with Crippen molar-refractivity contribution < 1.29 is 4.74 Å². The van der Waals surface area contributed by atoms with Gasteiger partial charge >= 0.3 is 0 Å². The second-order valence-corrected chi connectivity index (χ2v) is 10.8. The van der Waals surface area contributed by atoms with Crippen LogP contribution < -0.4 is 9.22 Å². The van der Waals surface area contributed by atoms with Crippen LogP contribution in [0.2, 0.25) is 0 Å². The van der Waals surface area contributed by atoms with Crippen molar-refractivity contribution in [2.45, 2.75) is 37.6 Å². The number of H-pyrrole nitrogens is 2. The van der Waals surface area contributed by atoms with Crippen molar-refractivity contribution in [3.8, 4) is 17.3 Å². The molecule has 4 aliphatic rings. The molecule has 3 aromatic carbocycles. The highest BCUT2D eigenvalue weighted by Gasteiger charge is 2.61. The molecule has 5 aromatic rings. The molecule has 7 heteroatoms. The molecule has 0 amide bonds. The number of rotatable bonds is 5. The van der Waals surface area contributed by atoms with Crippen LogP contribution in [0.1, 0.15) is 18.4 Å². The Hall–Kier alpha value is -3.68. The van der Waals surface area contributed by atoms with Crippen LogP contribution >= 0.6 is 0 Å². The molecule has 4 saturated heterocycles. The van der Waals surface area contributed by atoms with E-state index in [1.54, 1.807) is 0 Å². The number of benzene rings is 3. The fourth-order valence-corrected chi connectivity index (χ4v) is 7.11. The molecule has 0 radical (unpaired) electrons. The molecule has 180 valence electrons. The zero-order valence-corrected chi connectivity index (χ0v) is 20.3. The van der Waals surface area contributed by atoms with Crippen LogP contribution in [0, 0.1) is 0 Å². The Bertz CT molecular complexity index is 1590. The molecule has 2 atom stereocenters. The molecule has 7 nitrogen and oxygen atoms in total. The molecule has 4 bridgehead atoms. The van der Waals surface area contributed by atoms with Gasteiger partial charge in [-0.2, -0.15) is 5.10 Å². The second kappa shape index (κ2) is 7.41. The highest BCUT2D eigenvalue weighted by molar-refractivity contribution is 5.94. The zero-order chi connectivity index (χ0) is 23.9. The highest BCUT2D eigenvalue weighted by atomic mass is 16.5. The number of likely N-dealkylation sites (N-methyl/N-ethyl adjacent to an activating group) is 1. The van der Waals surface area contributed by atoms with Gasteiger partial charge in [-0.1, -0.05) is 30.3 Å². The van der Waals surface area contributed by atoms with Gasteiger partial charge in [0.2, 0.25) is 0 Å². The summed E-state index contributed by atoms with van der Waals surface area (Å²) in [7, 11) is 2.32. The Balaban J connectivity index is 1.09. The Morgan fingerprint density at radius 3 is 2.64 bits per heavy atom. The minimum atomic E-state index is 0.540. The van der Waals surface area contributed by atoms with Gasteiger partial charge < -0.3 is 9.72 Å². The van der Waals surface area contributed by atoms with Crippen molar-refractivity contribution in [2.24, 2.45) is 0 Å². The molecule has 4 fully saturated rings. The summed E-state index contributed by atoms with van der Waals surface area (Å²) < 4.78 is 7.15. The second-order valence-electron chi connectivity index (χ2n) is 10.8. The number of nitrogens with one attached hydrogen (secondary N) is 2. The number of nitrogens with zero attached hydrogens (tertiary/aromatic N) is 4. The first-order chi connectivity index (χ1) is 17.7. The van der Waals surface area contributed by atoms with E-state index in [9.17, 15) is 0 Å². The van der Waals surface area contributed by atoms with Crippen molar-refractivity contribution >= 4 is 27.6 Å². The number of piperidine rings is 1. The molecule has 9 rings (SSSR count). The smallest absolute Gasteiger partial charge is 0.159 e. The Kier molecular flexibility index (Phi) is 4.22. The summed E-state index contributed by atoms with van der Waals surface area (Å²) in [6.07, 6.45) is 2.66. The minimum absolute atomic E-state index is 0.540. The molecule has 6 heterocycles. The van der Waals surface area contributed by atoms with Crippen LogP contribution in [0.5, 0.6) is 5.75 Å². The summed E-state index contributed by atoms with van der Waals surface area (Å²) >= 11 is 0. The van der Waals surface area contributed by atoms with Crippen molar-refractivity contribution in [2.75, 3.05) is 20.1 Å². The van der Waals surface area contributed by atoms with Crippen LogP contribution in [0.25, 0.3) is 33.5 Å². The summed E-state index contributed by atoms with van der Waals surface area (Å²) in [5, 5.41) is 8.82. The largest absolute Gasteiger partial charge is 0.489 e. The predicted octanol–water partition coefficient (Wildman–Crippen LogP) is 4.85. The maximum absolute atomic E-state index is 6.00. The van der Waals surface area contributed by atoms with E-state index in [1.165, 1.54) is 31.6 Å². The summed E-state index contributed by atoms with van der Waals surface area (Å²) in [5.41, 5.74) is 6.45. The first-order valence-corrected chi connectivity index (χ1v) is 12.9. The van der Waals surface area contributed by atoms with E-state index in [0.717, 1.165) is 67.4 Å². The topological polar surface area (TPSA) is 69.8 Å². The van der Waals surface area contributed by atoms with Crippen LogP contribution in [0.4, 0.5) is 5.69 Å². The van der Waals surface area contributed by atoms with Gasteiger partial charge in [-0.15, -0.1) is 0 Å². The first-order valence-electron chi connectivity index (χ1n) is 12.9. The van der Waals surface area contributed by atoms with Gasteiger partial charge in [0.05, 0.1) is 47.8 Å². The minimum Gasteiger partial charge on any atom is -0.489 e. The van der Waals surface area contributed by atoms with E-state index in [0.29, 0.717) is 6.61 Å². The highest BCUT2D eigenvalue weighted by Crippen LogP contribution is 2.49. The third kappa shape index (κ3) is 2.93. The molecular weight excluding hydrogens is 448 g/mol. The molecule has 2 N–H and O–H groups in total. The van der Waals surface area contributed by atoms with Crippen LogP contribution in [0.15, 0.2) is 66.7 Å². The van der Waals surface area contributed by atoms with Crippen LogP contribution in [0.3, 0.4) is 0 Å². The van der Waals surface area contributed by atoms with Crippen molar-refractivity contribution in [3.63, 3.8) is 0 Å². The van der Waals surface area contributed by atoms with E-state index in [1.807, 2.05) is 30.3 Å². The number of imidazole rings is 1. The van der Waals surface area contributed by atoms with E-state index < -0.39 is 0 Å². The fraction of sp³-hybridized carbons (Fsp3) is 0.310. The van der Waals surface area contributed by atoms with Crippen LogP contribution in [-0.2, 0) is 6.61 Å². The maximum Gasteiger partial charge on any atom is 0.159 e. The third-order valence-electron chi connectivity index (χ3n) is 9.00. The lowest BCUT2D eigenvalue weighted by Gasteiger charge is -2.40. The number of piperazine rings is 1. The van der Waals surface area contributed by atoms with E-state index in [-0.39, 0.29) is 0 Å². The van der Waals surface area contributed by atoms with Gasteiger partial charge in [-0.05, 0) is 30.8 Å². The molecule has 0 saturated carbocycles. The fourth-order valence-electron chi connectivity index (χ4n) is 7.11. The standard InChI is InChI=1S/C29H29N6O/c1-34-19-11-22-12-20(34)16-35(22,15-19)21-7-10-25-27(13-21)31-29(30-25)28-24-9-8-23(14-26(24)32-33-28)36-17-18-5-3-2-4-6-18/h2-10,13-14,19-20,22H,11-12,15-17H2,1H3,(H,30,31)(H,32,33)/q+1. The van der Waals surface area contributed by atoms with E-state index in [4.69, 9.17) is 9.72 Å².